The number of fused-ring (bicyclic) bond motifs is 2. The molecule has 6 heteroatoms. The maximum Gasteiger partial charge on any atom is 0.288 e. The van der Waals surface area contributed by atoms with Crippen molar-refractivity contribution in [2.75, 3.05) is 0 Å². The first kappa shape index (κ1) is 16.8. The van der Waals surface area contributed by atoms with Gasteiger partial charge >= 0.3 is 0 Å². The Hall–Kier alpha value is -3.67. The van der Waals surface area contributed by atoms with Crippen LogP contribution in [0.4, 0.5) is 0 Å². The molecule has 27 heavy (non-hydrogen) atoms. The van der Waals surface area contributed by atoms with Gasteiger partial charge in [-0.05, 0) is 30.2 Å². The van der Waals surface area contributed by atoms with Gasteiger partial charge in [0.05, 0.1) is 5.52 Å². The number of pyridine rings is 1. The van der Waals surface area contributed by atoms with Crippen molar-refractivity contribution in [1.82, 2.24) is 20.8 Å². The molecule has 0 radical (unpaired) electrons. The molecule has 0 unspecified atom stereocenters. The summed E-state index contributed by atoms with van der Waals surface area (Å²) in [6.45, 7) is 0. The number of carbonyl (C=O) groups is 2. The molecule has 0 spiro atoms. The quantitative estimate of drug-likeness (QED) is 0.490. The maximum atomic E-state index is 12.2. The van der Waals surface area contributed by atoms with Crippen LogP contribution in [-0.2, 0) is 11.2 Å². The van der Waals surface area contributed by atoms with Gasteiger partial charge in [-0.3, -0.25) is 20.4 Å². The van der Waals surface area contributed by atoms with Crippen LogP contribution < -0.4 is 10.9 Å². The molecular formula is C21H18N4O2. The van der Waals surface area contributed by atoms with Crippen LogP contribution in [-0.4, -0.2) is 21.8 Å². The molecule has 0 bridgehead atoms. The molecule has 2 amide bonds. The van der Waals surface area contributed by atoms with Gasteiger partial charge in [0.25, 0.3) is 5.91 Å². The molecule has 2 aromatic carbocycles. The van der Waals surface area contributed by atoms with Crippen LogP contribution in [0.3, 0.4) is 0 Å². The molecule has 4 rings (SSSR count). The van der Waals surface area contributed by atoms with Gasteiger partial charge < -0.3 is 4.98 Å². The first-order valence-electron chi connectivity index (χ1n) is 8.71. The zero-order valence-electron chi connectivity index (χ0n) is 14.5. The molecule has 2 aromatic heterocycles. The van der Waals surface area contributed by atoms with Gasteiger partial charge in [0.15, 0.2) is 0 Å². The number of aromatic nitrogens is 2. The number of benzene rings is 2. The topological polar surface area (TPSA) is 86.9 Å². The Balaban J connectivity index is 1.33. The monoisotopic (exact) mass is 358 g/mol. The van der Waals surface area contributed by atoms with Crippen molar-refractivity contribution in [3.8, 4) is 0 Å². The number of para-hydroxylation sites is 2. The fourth-order valence-corrected chi connectivity index (χ4v) is 3.03. The molecule has 0 aliphatic rings. The lowest BCUT2D eigenvalue weighted by Gasteiger charge is -2.07. The first-order chi connectivity index (χ1) is 13.2. The minimum atomic E-state index is -0.443. The van der Waals surface area contributed by atoms with E-state index >= 15 is 0 Å². The molecule has 2 heterocycles. The van der Waals surface area contributed by atoms with Crippen LogP contribution in [0.15, 0.2) is 66.9 Å². The number of carbonyl (C=O) groups excluding carboxylic acids is 2. The Labute approximate surface area is 155 Å². The lowest BCUT2D eigenvalue weighted by molar-refractivity contribution is -0.121. The summed E-state index contributed by atoms with van der Waals surface area (Å²) < 4.78 is 0. The normalized spacial score (nSPS) is 10.8. The number of aromatic amines is 1. The van der Waals surface area contributed by atoms with E-state index in [2.05, 4.69) is 20.8 Å². The number of hydrogen-bond donors (Lipinski definition) is 3. The fraction of sp³-hybridized carbons (Fsp3) is 0.0952. The van der Waals surface area contributed by atoms with Crippen LogP contribution >= 0.6 is 0 Å². The summed E-state index contributed by atoms with van der Waals surface area (Å²) in [6, 6.07) is 19.0. The molecule has 0 saturated heterocycles. The van der Waals surface area contributed by atoms with Crippen LogP contribution in [0, 0.1) is 0 Å². The standard InChI is InChI=1S/C21H18N4O2/c26-20(12-10-15-13-22-18-8-4-2-6-16(15)18)24-25-21(27)19-11-9-14-5-1-3-7-17(14)23-19/h1-9,11,13,22H,10,12H2,(H,24,26)(H,25,27). The lowest BCUT2D eigenvalue weighted by atomic mass is 10.1. The predicted octanol–water partition coefficient (Wildman–Crippen LogP) is 3.11. The molecule has 0 saturated carbocycles. The molecule has 6 nitrogen and oxygen atoms in total. The van der Waals surface area contributed by atoms with Gasteiger partial charge in [-0.1, -0.05) is 42.5 Å². The van der Waals surface area contributed by atoms with Crippen molar-refractivity contribution in [1.29, 1.82) is 0 Å². The number of hydrazine groups is 1. The van der Waals surface area contributed by atoms with Gasteiger partial charge in [-0.2, -0.15) is 0 Å². The smallest absolute Gasteiger partial charge is 0.288 e. The summed E-state index contributed by atoms with van der Waals surface area (Å²) in [5.74, 6) is -0.699. The molecule has 0 aliphatic carbocycles. The third-order valence-electron chi connectivity index (χ3n) is 4.44. The Morgan fingerprint density at radius 2 is 1.74 bits per heavy atom. The maximum absolute atomic E-state index is 12.2. The Morgan fingerprint density at radius 3 is 2.67 bits per heavy atom. The summed E-state index contributed by atoms with van der Waals surface area (Å²) in [5, 5.41) is 2.06. The van der Waals surface area contributed by atoms with Crippen LogP contribution in [0.2, 0.25) is 0 Å². The van der Waals surface area contributed by atoms with E-state index in [0.717, 1.165) is 27.4 Å². The molecule has 4 aromatic rings. The van der Waals surface area contributed by atoms with Crippen molar-refractivity contribution in [2.24, 2.45) is 0 Å². The summed E-state index contributed by atoms with van der Waals surface area (Å²) in [4.78, 5) is 31.8. The minimum absolute atomic E-state index is 0.255. The SMILES string of the molecule is O=C(CCc1c[nH]c2ccccc12)NNC(=O)c1ccc2ccccc2n1. The number of amides is 2. The second kappa shape index (κ2) is 7.29. The number of hydrogen-bond acceptors (Lipinski definition) is 3. The third kappa shape index (κ3) is 3.64. The summed E-state index contributed by atoms with van der Waals surface area (Å²) >= 11 is 0. The van der Waals surface area contributed by atoms with Crippen molar-refractivity contribution >= 4 is 33.6 Å². The van der Waals surface area contributed by atoms with Gasteiger partial charge in [0.1, 0.15) is 5.69 Å². The van der Waals surface area contributed by atoms with E-state index < -0.39 is 5.91 Å². The van der Waals surface area contributed by atoms with E-state index in [1.54, 1.807) is 6.07 Å². The lowest BCUT2D eigenvalue weighted by Crippen LogP contribution is -2.42. The number of nitrogens with zero attached hydrogens (tertiary/aromatic N) is 1. The first-order valence-corrected chi connectivity index (χ1v) is 8.71. The summed E-state index contributed by atoms with van der Waals surface area (Å²) in [5.41, 5.74) is 7.98. The molecule has 0 aliphatic heterocycles. The summed E-state index contributed by atoms with van der Waals surface area (Å²) in [7, 11) is 0. The molecular weight excluding hydrogens is 340 g/mol. The van der Waals surface area contributed by atoms with Crippen molar-refractivity contribution < 1.29 is 9.59 Å². The van der Waals surface area contributed by atoms with Crippen molar-refractivity contribution in [2.45, 2.75) is 12.8 Å². The highest BCUT2D eigenvalue weighted by atomic mass is 16.2. The second-order valence-electron chi connectivity index (χ2n) is 6.25. The molecule has 0 atom stereocenters. The molecule has 134 valence electrons. The second-order valence-corrected chi connectivity index (χ2v) is 6.25. The Kier molecular flexibility index (Phi) is 4.53. The number of rotatable bonds is 4. The van der Waals surface area contributed by atoms with E-state index in [-0.39, 0.29) is 18.0 Å². The van der Waals surface area contributed by atoms with E-state index in [1.807, 2.05) is 60.8 Å². The molecule has 3 N–H and O–H groups in total. The Bertz CT molecular complexity index is 1130. The Morgan fingerprint density at radius 1 is 0.926 bits per heavy atom. The highest BCUT2D eigenvalue weighted by Crippen LogP contribution is 2.18. The van der Waals surface area contributed by atoms with Gasteiger partial charge in [0, 0.05) is 28.9 Å². The van der Waals surface area contributed by atoms with Crippen LogP contribution in [0.5, 0.6) is 0 Å². The van der Waals surface area contributed by atoms with Gasteiger partial charge in [-0.25, -0.2) is 4.98 Å². The average molecular weight is 358 g/mol. The van der Waals surface area contributed by atoms with Gasteiger partial charge in [-0.15, -0.1) is 0 Å². The van der Waals surface area contributed by atoms with E-state index in [9.17, 15) is 9.59 Å². The number of aryl methyl sites for hydroxylation is 1. The van der Waals surface area contributed by atoms with Crippen molar-refractivity contribution in [3.05, 3.63) is 78.1 Å². The average Bonchev–Trinajstić information content (AvgIpc) is 3.13. The number of nitrogens with one attached hydrogen (secondary N) is 3. The highest BCUT2D eigenvalue weighted by molar-refractivity contribution is 5.96. The van der Waals surface area contributed by atoms with Gasteiger partial charge in [0.2, 0.25) is 5.91 Å². The summed E-state index contributed by atoms with van der Waals surface area (Å²) in [6.07, 6.45) is 2.77. The van der Waals surface area contributed by atoms with E-state index in [1.165, 1.54) is 0 Å². The predicted molar refractivity (Wildman–Crippen MR) is 104 cm³/mol. The van der Waals surface area contributed by atoms with Crippen LogP contribution in [0.1, 0.15) is 22.5 Å². The third-order valence-corrected chi connectivity index (χ3v) is 4.44. The molecule has 0 fully saturated rings. The minimum Gasteiger partial charge on any atom is -0.361 e. The number of H-pyrrole nitrogens is 1. The zero-order valence-corrected chi connectivity index (χ0v) is 14.5. The largest absolute Gasteiger partial charge is 0.361 e. The fourth-order valence-electron chi connectivity index (χ4n) is 3.03. The zero-order chi connectivity index (χ0) is 18.6. The van der Waals surface area contributed by atoms with Crippen molar-refractivity contribution in [3.63, 3.8) is 0 Å². The van der Waals surface area contributed by atoms with E-state index in [0.29, 0.717) is 6.42 Å². The highest BCUT2D eigenvalue weighted by Gasteiger charge is 2.10. The van der Waals surface area contributed by atoms with E-state index in [4.69, 9.17) is 0 Å². The van der Waals surface area contributed by atoms with Crippen LogP contribution in [0.25, 0.3) is 21.8 Å².